The second-order valence-corrected chi connectivity index (χ2v) is 6.65. The molecule has 122 valence electrons. The number of hydrogen-bond donors (Lipinski definition) is 2. The van der Waals surface area contributed by atoms with Crippen molar-refractivity contribution in [2.24, 2.45) is 5.73 Å². The molecule has 1 saturated carbocycles. The molecule has 4 rings (SSSR count). The van der Waals surface area contributed by atoms with Crippen molar-refractivity contribution < 1.29 is 5.11 Å². The van der Waals surface area contributed by atoms with Gasteiger partial charge in [-0.25, -0.2) is 0 Å². The van der Waals surface area contributed by atoms with Crippen LogP contribution in [0.4, 0.5) is 0 Å². The van der Waals surface area contributed by atoms with Gasteiger partial charge in [0.2, 0.25) is 0 Å². The van der Waals surface area contributed by atoms with Crippen LogP contribution in [-0.2, 0) is 6.61 Å². The van der Waals surface area contributed by atoms with Crippen molar-refractivity contribution >= 4 is 16.6 Å². The smallest absolute Gasteiger partial charge is 0.0682 e. The topological polar surface area (TPSA) is 51.2 Å². The lowest BCUT2D eigenvalue weighted by atomic mass is 9.93. The lowest BCUT2D eigenvalue weighted by Crippen LogP contribution is -2.15. The summed E-state index contributed by atoms with van der Waals surface area (Å²) in [6, 6.07) is 15.0. The van der Waals surface area contributed by atoms with Crippen molar-refractivity contribution in [3.05, 3.63) is 66.4 Å². The normalized spacial score (nSPS) is 14.7. The summed E-state index contributed by atoms with van der Waals surface area (Å²) in [6.07, 6.45) is 6.01. The maximum absolute atomic E-state index is 9.49. The maximum atomic E-state index is 9.49. The van der Waals surface area contributed by atoms with E-state index in [4.69, 9.17) is 5.73 Å². The van der Waals surface area contributed by atoms with Crippen LogP contribution in [0.15, 0.2) is 55.2 Å². The van der Waals surface area contributed by atoms with E-state index in [-0.39, 0.29) is 6.61 Å². The molecule has 0 unspecified atom stereocenters. The van der Waals surface area contributed by atoms with E-state index in [1.165, 1.54) is 35.7 Å². The van der Waals surface area contributed by atoms with Crippen LogP contribution in [0.25, 0.3) is 27.7 Å². The van der Waals surface area contributed by atoms with E-state index >= 15 is 0 Å². The van der Waals surface area contributed by atoms with Gasteiger partial charge in [-0.2, -0.15) is 0 Å². The molecule has 3 aromatic rings. The first-order valence-electron chi connectivity index (χ1n) is 8.47. The monoisotopic (exact) mass is 318 g/mol. The van der Waals surface area contributed by atoms with Gasteiger partial charge in [-0.1, -0.05) is 36.9 Å². The molecule has 24 heavy (non-hydrogen) atoms. The van der Waals surface area contributed by atoms with Gasteiger partial charge in [0.15, 0.2) is 0 Å². The minimum atomic E-state index is 0.0730. The number of fused-ring (bicyclic) bond motifs is 1. The Labute approximate surface area is 142 Å². The Balaban J connectivity index is 1.92. The molecular weight excluding hydrogens is 296 g/mol. The van der Waals surface area contributed by atoms with Crippen LogP contribution < -0.4 is 5.73 Å². The zero-order valence-electron chi connectivity index (χ0n) is 13.7. The van der Waals surface area contributed by atoms with E-state index in [0.29, 0.717) is 11.7 Å². The lowest BCUT2D eigenvalue weighted by Gasteiger charge is -2.28. The molecule has 3 N–H and O–H groups in total. The second kappa shape index (κ2) is 5.84. The average Bonchev–Trinajstić information content (AvgIpc) is 2.92. The standard InChI is InChI=1S/C21H22N2O/c1-14(22)16-4-2-5-17(11-16)20-12-23(18-6-3-7-18)21-10-15(13-24)8-9-19(20)21/h2,4-5,8-12,18,24H,1,3,6-7,13,22H2. The molecule has 1 fully saturated rings. The third-order valence-electron chi connectivity index (χ3n) is 5.09. The van der Waals surface area contributed by atoms with Crippen molar-refractivity contribution in [2.45, 2.75) is 31.9 Å². The molecule has 3 heteroatoms. The molecule has 2 aromatic carbocycles. The molecule has 0 bridgehead atoms. The number of nitrogens with zero attached hydrogens (tertiary/aromatic N) is 1. The highest BCUT2D eigenvalue weighted by atomic mass is 16.3. The summed E-state index contributed by atoms with van der Waals surface area (Å²) in [5.74, 6) is 0. The number of hydrogen-bond acceptors (Lipinski definition) is 2. The van der Waals surface area contributed by atoms with E-state index in [1.807, 2.05) is 18.2 Å². The third-order valence-corrected chi connectivity index (χ3v) is 5.09. The summed E-state index contributed by atoms with van der Waals surface area (Å²) in [6.45, 7) is 3.92. The van der Waals surface area contributed by atoms with Gasteiger partial charge in [-0.15, -0.1) is 0 Å². The molecule has 1 aliphatic carbocycles. The number of rotatable bonds is 4. The second-order valence-electron chi connectivity index (χ2n) is 6.65. The summed E-state index contributed by atoms with van der Waals surface area (Å²) in [4.78, 5) is 0. The summed E-state index contributed by atoms with van der Waals surface area (Å²) < 4.78 is 2.39. The van der Waals surface area contributed by atoms with Crippen molar-refractivity contribution in [3.8, 4) is 11.1 Å². The molecule has 1 heterocycles. The highest BCUT2D eigenvalue weighted by Gasteiger charge is 2.22. The first kappa shape index (κ1) is 15.0. The fraction of sp³-hybridized carbons (Fsp3) is 0.238. The van der Waals surface area contributed by atoms with Gasteiger partial charge >= 0.3 is 0 Å². The molecule has 1 aromatic heterocycles. The van der Waals surface area contributed by atoms with Crippen molar-refractivity contribution in [1.82, 2.24) is 4.57 Å². The minimum Gasteiger partial charge on any atom is -0.399 e. The summed E-state index contributed by atoms with van der Waals surface area (Å²) in [5, 5.41) is 10.7. The molecule has 0 amide bonds. The van der Waals surface area contributed by atoms with Crippen LogP contribution in [0.3, 0.4) is 0 Å². The van der Waals surface area contributed by atoms with E-state index in [9.17, 15) is 5.11 Å². The van der Waals surface area contributed by atoms with Gasteiger partial charge in [0.1, 0.15) is 0 Å². The highest BCUT2D eigenvalue weighted by molar-refractivity contribution is 5.97. The van der Waals surface area contributed by atoms with Gasteiger partial charge in [0.05, 0.1) is 6.61 Å². The van der Waals surface area contributed by atoms with Crippen LogP contribution in [0.2, 0.25) is 0 Å². The van der Waals surface area contributed by atoms with Crippen LogP contribution in [-0.4, -0.2) is 9.67 Å². The Morgan fingerprint density at radius 1 is 1.21 bits per heavy atom. The Hall–Kier alpha value is -2.52. The summed E-state index contributed by atoms with van der Waals surface area (Å²) in [7, 11) is 0. The van der Waals surface area contributed by atoms with Gasteiger partial charge in [-0.3, -0.25) is 0 Å². The third kappa shape index (κ3) is 2.42. The summed E-state index contributed by atoms with van der Waals surface area (Å²) >= 11 is 0. The molecule has 0 aliphatic heterocycles. The highest BCUT2D eigenvalue weighted by Crippen LogP contribution is 2.39. The van der Waals surface area contributed by atoms with Crippen molar-refractivity contribution in [3.63, 3.8) is 0 Å². The fourth-order valence-corrected chi connectivity index (χ4v) is 3.48. The Bertz CT molecular complexity index is 919. The quantitative estimate of drug-likeness (QED) is 0.746. The Kier molecular flexibility index (Phi) is 3.66. The number of aromatic nitrogens is 1. The average molecular weight is 318 g/mol. The fourth-order valence-electron chi connectivity index (χ4n) is 3.48. The zero-order chi connectivity index (χ0) is 16.7. The first-order chi connectivity index (χ1) is 11.7. The van der Waals surface area contributed by atoms with E-state index in [1.54, 1.807) is 0 Å². The number of aliphatic hydroxyl groups is 1. The number of benzene rings is 2. The van der Waals surface area contributed by atoms with Crippen molar-refractivity contribution in [2.75, 3.05) is 0 Å². The van der Waals surface area contributed by atoms with Gasteiger partial charge in [-0.05, 0) is 48.1 Å². The van der Waals surface area contributed by atoms with Gasteiger partial charge < -0.3 is 15.4 Å². The van der Waals surface area contributed by atoms with Crippen LogP contribution in [0.5, 0.6) is 0 Å². The van der Waals surface area contributed by atoms with Crippen LogP contribution in [0.1, 0.15) is 36.4 Å². The molecular formula is C21H22N2O. The predicted molar refractivity (Wildman–Crippen MR) is 99.4 cm³/mol. The van der Waals surface area contributed by atoms with Gasteiger partial charge in [0, 0.05) is 34.4 Å². The zero-order valence-corrected chi connectivity index (χ0v) is 13.7. The number of aliphatic hydroxyl groups excluding tert-OH is 1. The minimum absolute atomic E-state index is 0.0730. The lowest BCUT2D eigenvalue weighted by molar-refractivity contribution is 0.282. The predicted octanol–water partition coefficient (Wildman–Crippen LogP) is 4.46. The molecule has 3 nitrogen and oxygen atoms in total. The maximum Gasteiger partial charge on any atom is 0.0682 e. The van der Waals surface area contributed by atoms with E-state index in [0.717, 1.165) is 16.7 Å². The van der Waals surface area contributed by atoms with Crippen LogP contribution in [0, 0.1) is 0 Å². The van der Waals surface area contributed by atoms with E-state index < -0.39 is 0 Å². The van der Waals surface area contributed by atoms with Crippen LogP contribution >= 0.6 is 0 Å². The molecule has 0 saturated heterocycles. The Morgan fingerprint density at radius 2 is 2.04 bits per heavy atom. The molecule has 0 spiro atoms. The SMILES string of the molecule is C=C(N)c1cccc(-c2cn(C3CCC3)c3cc(CO)ccc23)c1. The molecule has 0 radical (unpaired) electrons. The number of nitrogens with two attached hydrogens (primary N) is 1. The summed E-state index contributed by atoms with van der Waals surface area (Å²) in [5.41, 5.74) is 11.9. The molecule has 0 atom stereocenters. The van der Waals surface area contributed by atoms with E-state index in [2.05, 4.69) is 41.6 Å². The van der Waals surface area contributed by atoms with Crippen molar-refractivity contribution in [1.29, 1.82) is 0 Å². The Morgan fingerprint density at radius 3 is 2.71 bits per heavy atom. The molecule has 1 aliphatic rings. The first-order valence-corrected chi connectivity index (χ1v) is 8.47. The van der Waals surface area contributed by atoms with Gasteiger partial charge in [0.25, 0.3) is 0 Å². The largest absolute Gasteiger partial charge is 0.399 e.